The second-order valence-corrected chi connectivity index (χ2v) is 10.1. The minimum Gasteiger partial charge on any atom is -0.465 e. The minimum absolute atomic E-state index is 0.0903. The Morgan fingerprint density at radius 1 is 1.16 bits per heavy atom. The number of carbonyl (C=O) groups is 1. The van der Waals surface area contributed by atoms with Crippen molar-refractivity contribution >= 4 is 27.4 Å². The fraction of sp³-hybridized carbons (Fsp3) is 0.417. The Bertz CT molecular complexity index is 1190. The molecule has 0 radical (unpaired) electrons. The van der Waals surface area contributed by atoms with E-state index >= 15 is 0 Å². The molecule has 0 bridgehead atoms. The fourth-order valence-electron chi connectivity index (χ4n) is 4.40. The normalized spacial score (nSPS) is 16.3. The molecule has 0 unspecified atom stereocenters. The number of methoxy groups -OCH3 is 1. The van der Waals surface area contributed by atoms with Gasteiger partial charge in [-0.25, -0.2) is 13.2 Å². The van der Waals surface area contributed by atoms with Crippen LogP contribution in [0.1, 0.15) is 65.1 Å². The Labute approximate surface area is 189 Å². The van der Waals surface area contributed by atoms with Crippen molar-refractivity contribution in [2.45, 2.75) is 49.8 Å². The number of nitriles is 1. The van der Waals surface area contributed by atoms with Crippen LogP contribution in [0.25, 0.3) is 0 Å². The minimum atomic E-state index is -4.01. The van der Waals surface area contributed by atoms with Crippen LogP contribution in [0.15, 0.2) is 35.2 Å². The Balaban J connectivity index is 1.79. The van der Waals surface area contributed by atoms with Crippen molar-refractivity contribution in [2.24, 2.45) is 0 Å². The highest BCUT2D eigenvalue weighted by atomic mass is 32.2. The Morgan fingerprint density at radius 2 is 1.88 bits per heavy atom. The number of ether oxygens (including phenoxy) is 1. The number of nitrogens with one attached hydrogen (secondary N) is 1. The van der Waals surface area contributed by atoms with Gasteiger partial charge in [0.2, 0.25) is 0 Å². The molecule has 1 saturated carbocycles. The van der Waals surface area contributed by atoms with Crippen LogP contribution < -0.4 is 9.62 Å². The molecule has 8 heteroatoms. The maximum absolute atomic E-state index is 13.6. The first-order chi connectivity index (χ1) is 15.3. The lowest BCUT2D eigenvalue weighted by Crippen LogP contribution is -2.31. The summed E-state index contributed by atoms with van der Waals surface area (Å²) < 4.78 is 34.7. The Morgan fingerprint density at radius 3 is 2.50 bits per heavy atom. The van der Waals surface area contributed by atoms with Gasteiger partial charge in [0, 0.05) is 13.1 Å². The molecule has 0 amide bonds. The molecule has 1 aliphatic carbocycles. The lowest BCUT2D eigenvalue weighted by atomic mass is 10.0. The molecule has 0 atom stereocenters. The monoisotopic (exact) mass is 453 g/mol. The van der Waals surface area contributed by atoms with Crippen molar-refractivity contribution in [2.75, 3.05) is 29.8 Å². The molecule has 4 rings (SSSR count). The van der Waals surface area contributed by atoms with Gasteiger partial charge in [-0.05, 0) is 80.3 Å². The molecule has 0 aromatic heterocycles. The van der Waals surface area contributed by atoms with Gasteiger partial charge >= 0.3 is 5.97 Å². The number of benzene rings is 2. The highest BCUT2D eigenvalue weighted by molar-refractivity contribution is 7.92. The van der Waals surface area contributed by atoms with Gasteiger partial charge in [0.15, 0.2) is 0 Å². The third kappa shape index (κ3) is 4.44. The molecule has 1 heterocycles. The average molecular weight is 454 g/mol. The van der Waals surface area contributed by atoms with Crippen molar-refractivity contribution in [3.05, 3.63) is 52.6 Å². The topological polar surface area (TPSA) is 99.5 Å². The Kier molecular flexibility index (Phi) is 6.11. The van der Waals surface area contributed by atoms with E-state index in [1.165, 1.54) is 13.2 Å². The summed E-state index contributed by atoms with van der Waals surface area (Å²) in [4.78, 5) is 14.3. The van der Waals surface area contributed by atoms with Crippen molar-refractivity contribution in [3.63, 3.8) is 0 Å². The molecule has 2 aromatic rings. The zero-order chi connectivity index (χ0) is 22.9. The fourth-order valence-corrected chi connectivity index (χ4v) is 5.78. The van der Waals surface area contributed by atoms with Crippen molar-refractivity contribution in [1.82, 2.24) is 0 Å². The number of carbonyl (C=O) groups excluding carboxylic acids is 1. The number of sulfonamides is 1. The second kappa shape index (κ2) is 8.83. The van der Waals surface area contributed by atoms with E-state index in [0.29, 0.717) is 16.8 Å². The number of rotatable bonds is 6. The molecule has 1 aliphatic heterocycles. The van der Waals surface area contributed by atoms with Crippen molar-refractivity contribution in [3.8, 4) is 6.07 Å². The number of piperidine rings is 1. The van der Waals surface area contributed by atoms with Crippen LogP contribution >= 0.6 is 0 Å². The number of esters is 1. The lowest BCUT2D eigenvalue weighted by Gasteiger charge is -2.32. The maximum atomic E-state index is 13.6. The van der Waals surface area contributed by atoms with Gasteiger partial charge in [-0.2, -0.15) is 5.26 Å². The lowest BCUT2D eigenvalue weighted by molar-refractivity contribution is 0.0600. The summed E-state index contributed by atoms with van der Waals surface area (Å²) in [6.07, 6.45) is 5.07. The zero-order valence-electron chi connectivity index (χ0n) is 18.3. The number of hydrogen-bond donors (Lipinski definition) is 1. The van der Waals surface area contributed by atoms with Gasteiger partial charge in [-0.1, -0.05) is 6.07 Å². The number of aryl methyl sites for hydroxylation is 1. The van der Waals surface area contributed by atoms with Crippen LogP contribution in [-0.4, -0.2) is 34.6 Å². The third-order valence-corrected chi connectivity index (χ3v) is 7.51. The van der Waals surface area contributed by atoms with Crippen LogP contribution in [0.5, 0.6) is 0 Å². The van der Waals surface area contributed by atoms with E-state index < -0.39 is 16.0 Å². The molecule has 2 aromatic carbocycles. The molecule has 1 saturated heterocycles. The van der Waals surface area contributed by atoms with Gasteiger partial charge in [0.05, 0.1) is 40.6 Å². The molecular weight excluding hydrogens is 426 g/mol. The Hall–Kier alpha value is -3.05. The predicted octanol–water partition coefficient (Wildman–Crippen LogP) is 4.32. The third-order valence-electron chi connectivity index (χ3n) is 6.09. The van der Waals surface area contributed by atoms with E-state index in [1.54, 1.807) is 24.3 Å². The summed E-state index contributed by atoms with van der Waals surface area (Å²) in [7, 11) is -2.74. The summed E-state index contributed by atoms with van der Waals surface area (Å²) in [6.45, 7) is 3.58. The molecule has 7 nitrogen and oxygen atoms in total. The van der Waals surface area contributed by atoms with Gasteiger partial charge in [-0.3, -0.25) is 4.72 Å². The van der Waals surface area contributed by atoms with Gasteiger partial charge < -0.3 is 9.64 Å². The summed E-state index contributed by atoms with van der Waals surface area (Å²) >= 11 is 0. The summed E-state index contributed by atoms with van der Waals surface area (Å²) in [5, 5.41) is 9.46. The molecule has 168 valence electrons. The van der Waals surface area contributed by atoms with Crippen LogP contribution in [-0.2, 0) is 14.8 Å². The maximum Gasteiger partial charge on any atom is 0.337 e. The van der Waals surface area contributed by atoms with Crippen LogP contribution in [0.3, 0.4) is 0 Å². The smallest absolute Gasteiger partial charge is 0.337 e. The van der Waals surface area contributed by atoms with Gasteiger partial charge in [0.1, 0.15) is 0 Å². The first kappa shape index (κ1) is 22.2. The highest BCUT2D eigenvalue weighted by Gasteiger charge is 2.32. The first-order valence-electron chi connectivity index (χ1n) is 10.9. The average Bonchev–Trinajstić information content (AvgIpc) is 3.63. The van der Waals surface area contributed by atoms with Gasteiger partial charge in [0.25, 0.3) is 10.0 Å². The van der Waals surface area contributed by atoms with E-state index in [0.717, 1.165) is 56.4 Å². The highest BCUT2D eigenvalue weighted by Crippen LogP contribution is 2.44. The van der Waals surface area contributed by atoms with Gasteiger partial charge in [-0.15, -0.1) is 0 Å². The summed E-state index contributed by atoms with van der Waals surface area (Å²) in [5.74, 6) is -0.415. The van der Waals surface area contributed by atoms with Crippen molar-refractivity contribution in [1.29, 1.82) is 5.26 Å². The number of anilines is 2. The molecule has 32 heavy (non-hydrogen) atoms. The van der Waals surface area contributed by atoms with E-state index in [4.69, 9.17) is 4.74 Å². The summed E-state index contributed by atoms with van der Waals surface area (Å²) in [6, 6.07) is 10.2. The van der Waals surface area contributed by atoms with E-state index in [-0.39, 0.29) is 16.4 Å². The zero-order valence-corrected chi connectivity index (χ0v) is 19.2. The molecule has 2 fully saturated rings. The van der Waals surface area contributed by atoms with Crippen LogP contribution in [0, 0.1) is 18.3 Å². The van der Waals surface area contributed by atoms with E-state index in [1.807, 2.05) is 6.92 Å². The van der Waals surface area contributed by atoms with E-state index in [2.05, 4.69) is 15.7 Å². The number of nitrogens with zero attached hydrogens (tertiary/aromatic N) is 2. The predicted molar refractivity (Wildman–Crippen MR) is 123 cm³/mol. The summed E-state index contributed by atoms with van der Waals surface area (Å²) in [5.41, 5.74) is 3.35. The quantitative estimate of drug-likeness (QED) is 0.654. The first-order valence-corrected chi connectivity index (χ1v) is 12.4. The van der Waals surface area contributed by atoms with Crippen molar-refractivity contribution < 1.29 is 17.9 Å². The molecule has 1 N–H and O–H groups in total. The number of hydrogen-bond acceptors (Lipinski definition) is 6. The SMILES string of the molecule is COC(=O)c1ccc(C2CC2)c(S(=O)(=O)Nc2cc(C#N)cc(C)c2N2CCCCC2)c1. The second-order valence-electron chi connectivity index (χ2n) is 8.47. The molecule has 2 aliphatic rings. The molecular formula is C24H27N3O4S. The standard InChI is InChI=1S/C24H27N3O4S/c1-16-12-17(15-25)13-21(23(16)27-10-4-3-5-11-27)26-32(29,30)22-14-19(24(28)31-2)8-9-20(22)18-6-7-18/h8-9,12-14,18,26H,3-7,10-11H2,1-2H3. The van der Waals surface area contributed by atoms with Crippen LogP contribution in [0.4, 0.5) is 11.4 Å². The largest absolute Gasteiger partial charge is 0.465 e. The molecule has 0 spiro atoms. The van der Waals surface area contributed by atoms with E-state index in [9.17, 15) is 18.5 Å². The van der Waals surface area contributed by atoms with Crippen LogP contribution in [0.2, 0.25) is 0 Å².